The summed E-state index contributed by atoms with van der Waals surface area (Å²) >= 11 is 0. The molecule has 3 aromatic rings. The summed E-state index contributed by atoms with van der Waals surface area (Å²) in [5.41, 5.74) is 1.39. The Morgan fingerprint density at radius 3 is 2.21 bits per heavy atom. The number of hydrogen-bond donors (Lipinski definition) is 0. The predicted molar refractivity (Wildman–Crippen MR) is 117 cm³/mol. The molecular formula is C24H16N4O5. The molecule has 0 N–H and O–H groups in total. The zero-order valence-electron chi connectivity index (χ0n) is 17.1. The van der Waals surface area contributed by atoms with Crippen LogP contribution in [0.15, 0.2) is 78.9 Å². The number of imide groups is 1. The lowest BCUT2D eigenvalue weighted by Gasteiger charge is -2.28. The monoisotopic (exact) mass is 440 g/mol. The third-order valence-corrected chi connectivity index (χ3v) is 5.83. The lowest BCUT2D eigenvalue weighted by Crippen LogP contribution is -2.37. The summed E-state index contributed by atoms with van der Waals surface area (Å²) < 4.78 is 0. The summed E-state index contributed by atoms with van der Waals surface area (Å²) in [5, 5.41) is 22.2. The Bertz CT molecular complexity index is 1300. The van der Waals surface area contributed by atoms with Crippen molar-refractivity contribution in [2.45, 2.75) is 12.1 Å². The summed E-state index contributed by atoms with van der Waals surface area (Å²) in [5.74, 6) is -2.07. The molecule has 2 aliphatic rings. The number of nitrogens with zero attached hydrogens (tertiary/aromatic N) is 4. The van der Waals surface area contributed by atoms with Crippen LogP contribution in [0.5, 0.6) is 0 Å². The Morgan fingerprint density at radius 1 is 0.879 bits per heavy atom. The van der Waals surface area contributed by atoms with Gasteiger partial charge in [-0.1, -0.05) is 30.3 Å². The van der Waals surface area contributed by atoms with Gasteiger partial charge in [0, 0.05) is 6.07 Å². The maximum absolute atomic E-state index is 13.6. The largest absolute Gasteiger partial charge is 0.274 e. The zero-order valence-corrected chi connectivity index (χ0v) is 17.1. The number of nitro groups is 1. The van der Waals surface area contributed by atoms with Gasteiger partial charge in [0.25, 0.3) is 11.6 Å². The van der Waals surface area contributed by atoms with Crippen molar-refractivity contribution in [3.05, 3.63) is 100 Å². The van der Waals surface area contributed by atoms with Crippen LogP contribution in [0.1, 0.15) is 17.2 Å². The minimum absolute atomic E-state index is 0.162. The first-order valence-corrected chi connectivity index (χ1v) is 10.1. The van der Waals surface area contributed by atoms with Gasteiger partial charge in [0.05, 0.1) is 33.5 Å². The van der Waals surface area contributed by atoms with E-state index >= 15 is 0 Å². The highest BCUT2D eigenvalue weighted by Crippen LogP contribution is 2.49. The lowest BCUT2D eigenvalue weighted by atomic mass is 9.89. The Labute approximate surface area is 188 Å². The van der Waals surface area contributed by atoms with Gasteiger partial charge in [-0.15, -0.1) is 0 Å². The fraction of sp³-hybridized carbons (Fsp3) is 0.125. The number of fused-ring (bicyclic) bond motifs is 1. The van der Waals surface area contributed by atoms with Crippen LogP contribution < -0.4 is 9.96 Å². The standard InChI is InChI=1S/C24H16N4O5/c25-14-15-10-12-16(13-11-15)26-23(29)20-21(18-8-4-5-9-19(18)28(31)32)27(33-22(20)24(26)30)17-6-2-1-3-7-17/h1-13,20-22H/t20-,21+,22+/m1/s1. The SMILES string of the molecule is N#Cc1ccc(N2C(=O)[C@H]3[C@H](ON(c4ccccc4)[C@H]3c3ccccc3[N+](=O)[O-])C2=O)cc1. The molecule has 2 heterocycles. The molecule has 3 aromatic carbocycles. The van der Waals surface area contributed by atoms with Crippen LogP contribution in [0.2, 0.25) is 0 Å². The van der Waals surface area contributed by atoms with Crippen LogP contribution in [-0.4, -0.2) is 22.8 Å². The number of amides is 2. The van der Waals surface area contributed by atoms with Crippen molar-refractivity contribution in [1.29, 1.82) is 5.26 Å². The molecule has 33 heavy (non-hydrogen) atoms. The second kappa shape index (κ2) is 7.85. The molecule has 0 spiro atoms. The average molecular weight is 440 g/mol. The quantitative estimate of drug-likeness (QED) is 0.346. The smallest absolute Gasteiger partial charge is 0.273 e. The third-order valence-electron chi connectivity index (χ3n) is 5.83. The summed E-state index contributed by atoms with van der Waals surface area (Å²) in [6.07, 6.45) is -1.14. The number of rotatable bonds is 4. The van der Waals surface area contributed by atoms with Crippen LogP contribution in [0.3, 0.4) is 0 Å². The van der Waals surface area contributed by atoms with Gasteiger partial charge in [-0.2, -0.15) is 5.26 Å². The van der Waals surface area contributed by atoms with Gasteiger partial charge >= 0.3 is 0 Å². The fourth-order valence-electron chi connectivity index (χ4n) is 4.37. The third kappa shape index (κ3) is 3.21. The molecule has 2 amide bonds. The van der Waals surface area contributed by atoms with Gasteiger partial charge in [0.15, 0.2) is 6.10 Å². The van der Waals surface area contributed by atoms with E-state index in [1.165, 1.54) is 35.4 Å². The van der Waals surface area contributed by atoms with E-state index in [4.69, 9.17) is 10.1 Å². The van der Waals surface area contributed by atoms with Crippen molar-refractivity contribution in [2.75, 3.05) is 9.96 Å². The number of hydrogen-bond acceptors (Lipinski definition) is 7. The highest BCUT2D eigenvalue weighted by Gasteiger charge is 2.61. The molecule has 5 rings (SSSR count). The molecule has 2 fully saturated rings. The first-order valence-electron chi connectivity index (χ1n) is 10.1. The number of nitro benzene ring substituents is 1. The van der Waals surface area contributed by atoms with E-state index in [-0.39, 0.29) is 11.3 Å². The Hall–Kier alpha value is -4.55. The Balaban J connectivity index is 1.62. The minimum atomic E-state index is -1.14. The van der Waals surface area contributed by atoms with Gasteiger partial charge in [-0.3, -0.25) is 24.5 Å². The van der Waals surface area contributed by atoms with E-state index in [0.29, 0.717) is 16.9 Å². The highest BCUT2D eigenvalue weighted by molar-refractivity contribution is 6.24. The predicted octanol–water partition coefficient (Wildman–Crippen LogP) is 3.52. The maximum atomic E-state index is 13.6. The van der Waals surface area contributed by atoms with Gasteiger partial charge in [-0.05, 0) is 42.5 Å². The Morgan fingerprint density at radius 2 is 1.55 bits per heavy atom. The van der Waals surface area contributed by atoms with Gasteiger partial charge in [0.1, 0.15) is 12.0 Å². The van der Waals surface area contributed by atoms with Crippen molar-refractivity contribution < 1.29 is 19.3 Å². The van der Waals surface area contributed by atoms with Crippen LogP contribution >= 0.6 is 0 Å². The lowest BCUT2D eigenvalue weighted by molar-refractivity contribution is -0.385. The number of anilines is 2. The molecular weight excluding hydrogens is 424 g/mol. The zero-order chi connectivity index (χ0) is 23.1. The molecule has 0 aromatic heterocycles. The molecule has 0 aliphatic carbocycles. The van der Waals surface area contributed by atoms with Crippen molar-refractivity contribution in [3.8, 4) is 6.07 Å². The number of benzene rings is 3. The average Bonchev–Trinajstić information content (AvgIpc) is 3.35. The van der Waals surface area contributed by atoms with Crippen molar-refractivity contribution in [1.82, 2.24) is 0 Å². The number of nitriles is 1. The summed E-state index contributed by atoms with van der Waals surface area (Å²) in [6.45, 7) is 0. The molecule has 0 radical (unpaired) electrons. The van der Waals surface area contributed by atoms with Crippen LogP contribution in [0, 0.1) is 27.4 Å². The van der Waals surface area contributed by atoms with E-state index in [1.54, 1.807) is 42.5 Å². The second-order valence-electron chi connectivity index (χ2n) is 7.64. The van der Waals surface area contributed by atoms with E-state index in [0.717, 1.165) is 4.90 Å². The second-order valence-corrected chi connectivity index (χ2v) is 7.64. The first-order chi connectivity index (χ1) is 16.0. The number of carbonyl (C=O) groups is 2. The Kier molecular flexibility index (Phi) is 4.84. The summed E-state index contributed by atoms with van der Waals surface area (Å²) in [7, 11) is 0. The van der Waals surface area contributed by atoms with E-state index in [1.807, 2.05) is 12.1 Å². The van der Waals surface area contributed by atoms with Crippen LogP contribution in [-0.2, 0) is 14.4 Å². The molecule has 3 atom stereocenters. The van der Waals surface area contributed by atoms with Crippen molar-refractivity contribution >= 4 is 28.9 Å². The molecule has 9 nitrogen and oxygen atoms in total. The van der Waals surface area contributed by atoms with Gasteiger partial charge < -0.3 is 0 Å². The topological polar surface area (TPSA) is 117 Å². The highest BCUT2D eigenvalue weighted by atomic mass is 16.7. The number of para-hydroxylation sites is 2. The number of hydroxylamine groups is 1. The van der Waals surface area contributed by atoms with Crippen molar-refractivity contribution in [3.63, 3.8) is 0 Å². The van der Waals surface area contributed by atoms with Gasteiger partial charge in [0.2, 0.25) is 5.91 Å². The van der Waals surface area contributed by atoms with E-state index in [9.17, 15) is 19.7 Å². The van der Waals surface area contributed by atoms with E-state index in [2.05, 4.69) is 0 Å². The molecule has 9 heteroatoms. The fourth-order valence-corrected chi connectivity index (χ4v) is 4.37. The van der Waals surface area contributed by atoms with Crippen molar-refractivity contribution in [2.24, 2.45) is 5.92 Å². The van der Waals surface area contributed by atoms with Crippen LogP contribution in [0.4, 0.5) is 17.1 Å². The molecule has 162 valence electrons. The van der Waals surface area contributed by atoms with Crippen LogP contribution in [0.25, 0.3) is 0 Å². The molecule has 0 unspecified atom stereocenters. The molecule has 2 aliphatic heterocycles. The normalized spacial score (nSPS) is 21.7. The number of carbonyl (C=O) groups excluding carboxylic acids is 2. The first kappa shape index (κ1) is 20.4. The summed E-state index contributed by atoms with van der Waals surface area (Å²) in [4.78, 5) is 45.1. The molecule has 0 saturated carbocycles. The maximum Gasteiger partial charge on any atom is 0.274 e. The minimum Gasteiger partial charge on any atom is -0.273 e. The molecule has 2 saturated heterocycles. The molecule has 0 bridgehead atoms. The van der Waals surface area contributed by atoms with Gasteiger partial charge in [-0.25, -0.2) is 9.96 Å². The summed E-state index contributed by atoms with van der Waals surface area (Å²) in [6, 6.07) is 22.2. The van der Waals surface area contributed by atoms with E-state index < -0.39 is 34.8 Å².